The van der Waals surface area contributed by atoms with Crippen molar-refractivity contribution in [2.45, 2.75) is 18.8 Å². The van der Waals surface area contributed by atoms with Crippen LogP contribution in [0.5, 0.6) is 0 Å². The van der Waals surface area contributed by atoms with Gasteiger partial charge >= 0.3 is 17.9 Å². The number of nitrogens with one attached hydrogen (secondary N) is 2. The fourth-order valence-corrected chi connectivity index (χ4v) is 4.60. The molecule has 0 unspecified atom stereocenters. The number of nitrogens with zero attached hydrogens (tertiary/aromatic N) is 2. The van der Waals surface area contributed by atoms with E-state index in [2.05, 4.69) is 9.97 Å². The molecule has 0 amide bonds. The fraction of sp³-hybridized carbons (Fsp3) is 0.219. The molecule has 0 bridgehead atoms. The third-order valence-electron chi connectivity index (χ3n) is 7.17. The number of carboxylic acid groups (broad SMARTS) is 3. The highest BCUT2D eigenvalue weighted by atomic mass is 16.4. The van der Waals surface area contributed by atoms with Crippen molar-refractivity contribution in [2.24, 2.45) is 0 Å². The van der Waals surface area contributed by atoms with Crippen molar-refractivity contribution in [1.29, 1.82) is 0 Å². The Kier molecular flexibility index (Phi) is 9.03. The average Bonchev–Trinajstić information content (AvgIpc) is 3.82. The minimum Gasteiger partial charge on any atom is -0.478 e. The maximum Gasteiger partial charge on any atom is 0.341 e. The van der Waals surface area contributed by atoms with Gasteiger partial charge in [-0.15, -0.1) is 0 Å². The Balaban J connectivity index is 0.000000201. The van der Waals surface area contributed by atoms with Gasteiger partial charge in [-0.2, -0.15) is 0 Å². The lowest BCUT2D eigenvalue weighted by atomic mass is 10.00. The van der Waals surface area contributed by atoms with Gasteiger partial charge in [-0.05, 0) is 71.8 Å². The molecule has 0 atom stereocenters. The molecule has 1 aliphatic rings. The van der Waals surface area contributed by atoms with E-state index in [1.165, 1.54) is 6.07 Å². The van der Waals surface area contributed by atoms with Crippen LogP contribution in [0.25, 0.3) is 22.5 Å². The topological polar surface area (TPSA) is 184 Å². The van der Waals surface area contributed by atoms with Crippen molar-refractivity contribution in [2.75, 3.05) is 38.0 Å². The molecule has 0 radical (unpaired) electrons. The monoisotopic (exact) mass is 600 g/mol. The van der Waals surface area contributed by atoms with E-state index >= 15 is 0 Å². The van der Waals surface area contributed by atoms with Crippen LogP contribution in [-0.2, 0) is 0 Å². The van der Waals surface area contributed by atoms with Gasteiger partial charge in [0.25, 0.3) is 11.1 Å². The van der Waals surface area contributed by atoms with Crippen LogP contribution >= 0.6 is 0 Å². The van der Waals surface area contributed by atoms with Gasteiger partial charge in [0.1, 0.15) is 11.1 Å². The van der Waals surface area contributed by atoms with Crippen molar-refractivity contribution in [3.05, 3.63) is 104 Å². The van der Waals surface area contributed by atoms with E-state index in [0.29, 0.717) is 11.5 Å². The summed E-state index contributed by atoms with van der Waals surface area (Å²) in [4.78, 5) is 66.2. The van der Waals surface area contributed by atoms with Crippen molar-refractivity contribution in [3.63, 3.8) is 0 Å². The zero-order valence-electron chi connectivity index (χ0n) is 24.5. The fourth-order valence-electron chi connectivity index (χ4n) is 4.60. The normalized spacial score (nSPS) is 12.1. The number of carboxylic acids is 3. The molecule has 44 heavy (non-hydrogen) atoms. The summed E-state index contributed by atoms with van der Waals surface area (Å²) < 4.78 is 0. The number of rotatable bonds is 8. The Hall–Kier alpha value is -5.65. The van der Waals surface area contributed by atoms with E-state index in [1.54, 1.807) is 24.3 Å². The van der Waals surface area contributed by atoms with Crippen LogP contribution < -0.4 is 20.9 Å². The first kappa shape index (κ1) is 31.3. The van der Waals surface area contributed by atoms with Gasteiger partial charge < -0.3 is 35.1 Å². The van der Waals surface area contributed by atoms with E-state index in [1.807, 2.05) is 62.3 Å². The quantitative estimate of drug-likeness (QED) is 0.196. The first-order chi connectivity index (χ1) is 20.8. The Labute approximate surface area is 251 Å². The lowest BCUT2D eigenvalue weighted by Gasteiger charge is -2.14. The number of carbonyl (C=O) groups is 3. The third kappa shape index (κ3) is 6.86. The molecule has 12 nitrogen and oxygen atoms in total. The van der Waals surface area contributed by atoms with Crippen molar-refractivity contribution in [3.8, 4) is 22.5 Å². The third-order valence-corrected chi connectivity index (χ3v) is 7.17. The van der Waals surface area contributed by atoms with Gasteiger partial charge in [-0.3, -0.25) is 9.59 Å². The summed E-state index contributed by atoms with van der Waals surface area (Å²) in [5, 5.41) is 27.3. The smallest absolute Gasteiger partial charge is 0.341 e. The summed E-state index contributed by atoms with van der Waals surface area (Å²) in [5.41, 5.74) is 2.65. The van der Waals surface area contributed by atoms with Crippen LogP contribution in [-0.4, -0.2) is 71.4 Å². The molecule has 0 spiro atoms. The molecule has 5 rings (SSSR count). The van der Waals surface area contributed by atoms with Crippen molar-refractivity contribution < 1.29 is 29.7 Å². The van der Waals surface area contributed by atoms with Gasteiger partial charge in [0, 0.05) is 39.6 Å². The van der Waals surface area contributed by atoms with Crippen molar-refractivity contribution >= 4 is 29.3 Å². The highest BCUT2D eigenvalue weighted by Crippen LogP contribution is 2.43. The molecular formula is C32H32N4O8. The number of pyridine rings is 2. The molecule has 5 N–H and O–H groups in total. The van der Waals surface area contributed by atoms with E-state index in [4.69, 9.17) is 10.2 Å². The SMILES string of the molecule is CN(C)c1ccc(-c2[nH]c(=O)c(C(=O)O)cc2C(=O)O)cc1.CN(C)c1ccc(-c2[nH]c(=O)c(C(=O)O)cc2C2CC2)cc1. The second-order valence-corrected chi connectivity index (χ2v) is 10.7. The first-order valence-electron chi connectivity index (χ1n) is 13.6. The highest BCUT2D eigenvalue weighted by Gasteiger charge is 2.29. The van der Waals surface area contributed by atoms with Crippen LogP contribution in [0.15, 0.2) is 70.3 Å². The Morgan fingerprint density at radius 1 is 0.614 bits per heavy atom. The molecule has 1 aliphatic carbocycles. The summed E-state index contributed by atoms with van der Waals surface area (Å²) in [6.07, 6.45) is 2.07. The Morgan fingerprint density at radius 3 is 1.39 bits per heavy atom. The number of benzene rings is 2. The average molecular weight is 601 g/mol. The molecule has 1 saturated carbocycles. The van der Waals surface area contributed by atoms with Gasteiger partial charge in [0.2, 0.25) is 0 Å². The molecule has 0 aliphatic heterocycles. The highest BCUT2D eigenvalue weighted by molar-refractivity contribution is 5.98. The number of hydrogen-bond acceptors (Lipinski definition) is 7. The standard InChI is InChI=1S/C17H18N2O3.C15H14N2O5/c1-19(2)12-7-5-11(6-8-12)15-13(10-3-4-10)9-14(17(21)22)16(20)18-15;1-17(2)9-5-3-8(4-6-9)12-10(14(19)20)7-11(15(21)22)13(18)16-12/h5-10H,3-4H2,1-2H3,(H,18,20)(H,21,22);3-7H,1-2H3,(H,16,18)(H,19,20)(H,21,22). The number of aromatic carboxylic acids is 3. The first-order valence-corrected chi connectivity index (χ1v) is 13.6. The summed E-state index contributed by atoms with van der Waals surface area (Å²) >= 11 is 0. The summed E-state index contributed by atoms with van der Waals surface area (Å²) in [6, 6.07) is 17.1. The minimum absolute atomic E-state index is 0.0767. The molecule has 2 aromatic carbocycles. The zero-order chi connectivity index (χ0) is 32.3. The Bertz CT molecular complexity index is 1830. The second kappa shape index (κ2) is 12.7. The second-order valence-electron chi connectivity index (χ2n) is 10.7. The molecule has 1 fully saturated rings. The molecule has 4 aromatic rings. The molecule has 2 heterocycles. The van der Waals surface area contributed by atoms with Crippen LogP contribution in [0.3, 0.4) is 0 Å². The van der Waals surface area contributed by atoms with E-state index in [0.717, 1.165) is 47.1 Å². The molecule has 0 saturated heterocycles. The predicted octanol–water partition coefficient (Wildman–Crippen LogP) is 4.19. The summed E-state index contributed by atoms with van der Waals surface area (Å²) in [5.74, 6) is -3.63. The molecule has 12 heteroatoms. The van der Waals surface area contributed by atoms with Gasteiger partial charge in [0.15, 0.2) is 0 Å². The summed E-state index contributed by atoms with van der Waals surface area (Å²) in [6.45, 7) is 0. The largest absolute Gasteiger partial charge is 0.478 e. The van der Waals surface area contributed by atoms with Gasteiger partial charge in [0.05, 0.1) is 17.0 Å². The number of aromatic nitrogens is 2. The number of anilines is 2. The summed E-state index contributed by atoms with van der Waals surface area (Å²) in [7, 11) is 7.66. The predicted molar refractivity (Wildman–Crippen MR) is 167 cm³/mol. The molecular weight excluding hydrogens is 568 g/mol. The van der Waals surface area contributed by atoms with E-state index in [9.17, 15) is 29.1 Å². The van der Waals surface area contributed by atoms with Gasteiger partial charge in [-0.1, -0.05) is 24.3 Å². The van der Waals surface area contributed by atoms with Gasteiger partial charge in [-0.25, -0.2) is 14.4 Å². The molecule has 2 aromatic heterocycles. The van der Waals surface area contributed by atoms with Crippen LogP contribution in [0.4, 0.5) is 11.4 Å². The van der Waals surface area contributed by atoms with Crippen LogP contribution in [0.1, 0.15) is 55.4 Å². The number of hydrogen-bond donors (Lipinski definition) is 5. The zero-order valence-corrected chi connectivity index (χ0v) is 24.5. The van der Waals surface area contributed by atoms with Crippen LogP contribution in [0, 0.1) is 0 Å². The molecule has 228 valence electrons. The lowest BCUT2D eigenvalue weighted by Crippen LogP contribution is -2.20. The lowest BCUT2D eigenvalue weighted by molar-refractivity contribution is 0.0680. The van der Waals surface area contributed by atoms with Crippen LogP contribution in [0.2, 0.25) is 0 Å². The minimum atomic E-state index is -1.47. The number of aromatic amines is 2. The van der Waals surface area contributed by atoms with Crippen molar-refractivity contribution in [1.82, 2.24) is 9.97 Å². The van der Waals surface area contributed by atoms with E-state index in [-0.39, 0.29) is 16.8 Å². The maximum absolute atomic E-state index is 12.0. The van der Waals surface area contributed by atoms with E-state index < -0.39 is 34.6 Å². The number of H-pyrrole nitrogens is 2. The maximum atomic E-state index is 12.0. The Morgan fingerprint density at radius 2 is 1.00 bits per heavy atom.